The van der Waals surface area contributed by atoms with E-state index >= 15 is 0 Å². The summed E-state index contributed by atoms with van der Waals surface area (Å²) in [5, 5.41) is 10.0. The van der Waals surface area contributed by atoms with E-state index in [1.807, 2.05) is 11.9 Å². The van der Waals surface area contributed by atoms with Crippen LogP contribution in [0.15, 0.2) is 4.90 Å². The fraction of sp³-hybridized carbons (Fsp3) is 0.765. The number of H-pyrrole nitrogens is 1. The molecule has 0 bridgehead atoms. The lowest BCUT2D eigenvalue weighted by Gasteiger charge is -2.37. The lowest BCUT2D eigenvalue weighted by atomic mass is 9.96. The number of aryl methyl sites for hydroxylation is 2. The molecule has 2 N–H and O–H groups in total. The number of sulfonamides is 1. The smallest absolute Gasteiger partial charge is 0.246 e. The first-order chi connectivity index (χ1) is 12.3. The Hall–Kier alpha value is -1.45. The number of nitrogens with one attached hydrogen (secondary N) is 2. The van der Waals surface area contributed by atoms with Crippen LogP contribution in [0.2, 0.25) is 0 Å². The van der Waals surface area contributed by atoms with Crippen molar-refractivity contribution in [2.75, 3.05) is 33.2 Å². The maximum atomic E-state index is 13.0. The van der Waals surface area contributed by atoms with Gasteiger partial charge >= 0.3 is 0 Å². The summed E-state index contributed by atoms with van der Waals surface area (Å²) in [6.07, 6.45) is 3.35. The Labute approximate surface area is 155 Å². The number of rotatable bonds is 4. The van der Waals surface area contributed by atoms with E-state index < -0.39 is 10.0 Å². The molecule has 1 aromatic heterocycles. The lowest BCUT2D eigenvalue weighted by molar-refractivity contribution is -0.137. The van der Waals surface area contributed by atoms with E-state index in [4.69, 9.17) is 0 Å². The van der Waals surface area contributed by atoms with Gasteiger partial charge in [0, 0.05) is 32.2 Å². The van der Waals surface area contributed by atoms with Crippen LogP contribution in [-0.4, -0.2) is 73.0 Å². The number of carbonyl (C=O) groups is 1. The Morgan fingerprint density at radius 3 is 2.46 bits per heavy atom. The van der Waals surface area contributed by atoms with Crippen molar-refractivity contribution in [1.29, 1.82) is 0 Å². The second-order valence-electron chi connectivity index (χ2n) is 7.35. The number of hydrogen-bond acceptors (Lipinski definition) is 5. The molecule has 0 saturated carbocycles. The molecule has 2 saturated heterocycles. The van der Waals surface area contributed by atoms with Crippen LogP contribution in [0.25, 0.3) is 0 Å². The van der Waals surface area contributed by atoms with Crippen molar-refractivity contribution in [2.45, 2.75) is 50.5 Å². The molecule has 0 aliphatic carbocycles. The summed E-state index contributed by atoms with van der Waals surface area (Å²) >= 11 is 0. The highest BCUT2D eigenvalue weighted by Gasteiger charge is 2.37. The number of likely N-dealkylation sites (tertiary alicyclic amines) is 1. The number of nitrogens with zero attached hydrogens (tertiary/aromatic N) is 3. The second-order valence-corrected chi connectivity index (χ2v) is 9.23. The molecule has 0 radical (unpaired) electrons. The van der Waals surface area contributed by atoms with Gasteiger partial charge < -0.3 is 10.2 Å². The number of amides is 1. The standard InChI is InChI=1S/C17H29N5O3S/c1-12-16(13(2)20-19-12)26(24,25)22-8-4-5-14(11-22)17(23)21-9-6-15(18-3)7-10-21/h14-15,18H,4-11H2,1-3H3,(H,19,20). The van der Waals surface area contributed by atoms with Crippen molar-refractivity contribution in [3.63, 3.8) is 0 Å². The normalized spacial score (nSPS) is 23.3. The number of carbonyl (C=O) groups excluding carboxylic acids is 1. The highest BCUT2D eigenvalue weighted by Crippen LogP contribution is 2.28. The van der Waals surface area contributed by atoms with Crippen LogP contribution in [0.4, 0.5) is 0 Å². The van der Waals surface area contributed by atoms with E-state index in [1.165, 1.54) is 4.31 Å². The molecule has 3 heterocycles. The van der Waals surface area contributed by atoms with Crippen molar-refractivity contribution < 1.29 is 13.2 Å². The molecular formula is C17H29N5O3S. The Morgan fingerprint density at radius 2 is 1.88 bits per heavy atom. The predicted molar refractivity (Wildman–Crippen MR) is 98.2 cm³/mol. The van der Waals surface area contributed by atoms with Gasteiger partial charge in [0.25, 0.3) is 0 Å². The summed E-state index contributed by atoms with van der Waals surface area (Å²) in [5.41, 5.74) is 1.02. The number of aromatic nitrogens is 2. The molecule has 26 heavy (non-hydrogen) atoms. The third-order valence-electron chi connectivity index (χ3n) is 5.61. The SMILES string of the molecule is CNC1CCN(C(=O)C2CCCN(S(=O)(=O)c3c(C)n[nH]c3C)C2)CC1. The van der Waals surface area contributed by atoms with E-state index in [1.54, 1.807) is 13.8 Å². The van der Waals surface area contributed by atoms with Gasteiger partial charge in [-0.1, -0.05) is 0 Å². The van der Waals surface area contributed by atoms with Gasteiger partial charge in [-0.15, -0.1) is 0 Å². The van der Waals surface area contributed by atoms with Gasteiger partial charge in [0.05, 0.1) is 17.3 Å². The summed E-state index contributed by atoms with van der Waals surface area (Å²) in [6.45, 7) is 5.61. The zero-order chi connectivity index (χ0) is 18.9. The van der Waals surface area contributed by atoms with Crippen LogP contribution in [0.5, 0.6) is 0 Å². The molecule has 2 fully saturated rings. The lowest BCUT2D eigenvalue weighted by Crippen LogP contribution is -2.50. The molecule has 8 nitrogen and oxygen atoms in total. The second kappa shape index (κ2) is 7.66. The van der Waals surface area contributed by atoms with Crippen LogP contribution in [0, 0.1) is 19.8 Å². The first-order valence-electron chi connectivity index (χ1n) is 9.32. The highest BCUT2D eigenvalue weighted by molar-refractivity contribution is 7.89. The van der Waals surface area contributed by atoms with Crippen LogP contribution in [-0.2, 0) is 14.8 Å². The fourth-order valence-corrected chi connectivity index (χ4v) is 5.91. The minimum absolute atomic E-state index is 0.0973. The third kappa shape index (κ3) is 3.65. The van der Waals surface area contributed by atoms with Crippen molar-refractivity contribution in [3.8, 4) is 0 Å². The summed E-state index contributed by atoms with van der Waals surface area (Å²) in [4.78, 5) is 15.1. The van der Waals surface area contributed by atoms with Crippen molar-refractivity contribution in [2.24, 2.45) is 5.92 Å². The van der Waals surface area contributed by atoms with Gasteiger partial charge in [0.1, 0.15) is 4.90 Å². The van der Waals surface area contributed by atoms with Gasteiger partial charge in [-0.25, -0.2) is 8.42 Å². The van der Waals surface area contributed by atoms with E-state index in [9.17, 15) is 13.2 Å². The Morgan fingerprint density at radius 1 is 1.19 bits per heavy atom. The summed E-state index contributed by atoms with van der Waals surface area (Å²) in [6, 6.07) is 0.467. The van der Waals surface area contributed by atoms with Gasteiger partial charge in [-0.2, -0.15) is 9.40 Å². The summed E-state index contributed by atoms with van der Waals surface area (Å²) in [5.74, 6) is -0.155. The molecule has 1 aromatic rings. The van der Waals surface area contributed by atoms with Gasteiger partial charge in [-0.3, -0.25) is 9.89 Å². The van der Waals surface area contributed by atoms with E-state index in [0.29, 0.717) is 30.4 Å². The Bertz CT molecular complexity index is 733. The molecule has 1 atom stereocenters. The molecule has 3 rings (SSSR count). The molecule has 2 aliphatic heterocycles. The topological polar surface area (TPSA) is 98.4 Å². The summed E-state index contributed by atoms with van der Waals surface area (Å²) < 4.78 is 27.6. The van der Waals surface area contributed by atoms with E-state index in [2.05, 4.69) is 15.5 Å². The van der Waals surface area contributed by atoms with Crippen LogP contribution < -0.4 is 5.32 Å². The van der Waals surface area contributed by atoms with Crippen LogP contribution in [0.3, 0.4) is 0 Å². The van der Waals surface area contributed by atoms with Gasteiger partial charge in [0.2, 0.25) is 15.9 Å². The average Bonchev–Trinajstić information content (AvgIpc) is 3.00. The molecule has 2 aliphatic rings. The minimum atomic E-state index is -3.63. The van der Waals surface area contributed by atoms with Gasteiger partial charge in [-0.05, 0) is 46.6 Å². The largest absolute Gasteiger partial charge is 0.342 e. The molecule has 9 heteroatoms. The minimum Gasteiger partial charge on any atom is -0.342 e. The maximum absolute atomic E-state index is 13.0. The molecule has 0 aromatic carbocycles. The zero-order valence-corrected chi connectivity index (χ0v) is 16.6. The fourth-order valence-electron chi connectivity index (χ4n) is 4.06. The number of aromatic amines is 1. The Kier molecular flexibility index (Phi) is 5.69. The van der Waals surface area contributed by atoms with Crippen LogP contribution in [0.1, 0.15) is 37.1 Å². The van der Waals surface area contributed by atoms with Crippen molar-refractivity contribution >= 4 is 15.9 Å². The quantitative estimate of drug-likeness (QED) is 0.795. The highest BCUT2D eigenvalue weighted by atomic mass is 32.2. The first kappa shape index (κ1) is 19.3. The molecule has 1 amide bonds. The monoisotopic (exact) mass is 383 g/mol. The number of hydrogen-bond donors (Lipinski definition) is 2. The Balaban J connectivity index is 1.70. The first-order valence-corrected chi connectivity index (χ1v) is 10.8. The predicted octanol–water partition coefficient (Wildman–Crippen LogP) is 0.638. The van der Waals surface area contributed by atoms with Gasteiger partial charge in [0.15, 0.2) is 0 Å². The van der Waals surface area contributed by atoms with E-state index in [0.717, 1.165) is 32.4 Å². The third-order valence-corrected chi connectivity index (χ3v) is 7.74. The van der Waals surface area contributed by atoms with E-state index in [-0.39, 0.29) is 23.3 Å². The molecule has 1 unspecified atom stereocenters. The van der Waals surface area contributed by atoms with Crippen LogP contribution >= 0.6 is 0 Å². The number of piperidine rings is 2. The molecule has 0 spiro atoms. The molecule has 146 valence electrons. The average molecular weight is 384 g/mol. The zero-order valence-electron chi connectivity index (χ0n) is 15.8. The summed E-state index contributed by atoms with van der Waals surface area (Å²) in [7, 11) is -1.68. The maximum Gasteiger partial charge on any atom is 0.246 e. The molecular weight excluding hydrogens is 354 g/mol. The van der Waals surface area contributed by atoms with Crippen molar-refractivity contribution in [3.05, 3.63) is 11.4 Å². The van der Waals surface area contributed by atoms with Crippen molar-refractivity contribution in [1.82, 2.24) is 24.7 Å².